The first kappa shape index (κ1) is 18.3. The van der Waals surface area contributed by atoms with Gasteiger partial charge in [-0.1, -0.05) is 11.6 Å². The van der Waals surface area contributed by atoms with E-state index in [-0.39, 0.29) is 21.9 Å². The van der Waals surface area contributed by atoms with Gasteiger partial charge in [0, 0.05) is 0 Å². The number of benzene rings is 1. The summed E-state index contributed by atoms with van der Waals surface area (Å²) in [6.07, 6.45) is 0. The Morgan fingerprint density at radius 1 is 1.18 bits per heavy atom. The van der Waals surface area contributed by atoms with E-state index in [1.54, 1.807) is 27.7 Å². The third-order valence-electron chi connectivity index (χ3n) is 3.71. The van der Waals surface area contributed by atoms with Crippen LogP contribution in [-0.4, -0.2) is 40.3 Å². The number of ether oxygens (including phenoxy) is 1. The number of halogens is 1. The van der Waals surface area contributed by atoms with Crippen LogP contribution in [-0.2, 0) is 0 Å². The lowest BCUT2D eigenvalue weighted by Gasteiger charge is -2.38. The Bertz CT molecular complexity index is 605. The van der Waals surface area contributed by atoms with Crippen LogP contribution in [0.25, 0.3) is 0 Å². The minimum atomic E-state index is -1.26. The molecule has 0 unspecified atom stereocenters. The van der Waals surface area contributed by atoms with Crippen LogP contribution in [0.3, 0.4) is 0 Å². The van der Waals surface area contributed by atoms with Gasteiger partial charge in [0.15, 0.2) is 0 Å². The SMILES string of the molecule is COc1cc(C(=O)O)c(Cl)c(C(=O)NC(C)(C)C(C)(C)O)c1. The van der Waals surface area contributed by atoms with Crippen LogP contribution >= 0.6 is 11.6 Å². The summed E-state index contributed by atoms with van der Waals surface area (Å²) in [4.78, 5) is 23.6. The highest BCUT2D eigenvalue weighted by Crippen LogP contribution is 2.29. The predicted molar refractivity (Wildman–Crippen MR) is 82.8 cm³/mol. The number of hydrogen-bond acceptors (Lipinski definition) is 4. The Balaban J connectivity index is 3.29. The second kappa shape index (κ2) is 6.14. The van der Waals surface area contributed by atoms with Gasteiger partial charge in [-0.3, -0.25) is 4.79 Å². The molecule has 0 saturated carbocycles. The molecule has 1 aromatic carbocycles. The van der Waals surface area contributed by atoms with Gasteiger partial charge in [0.25, 0.3) is 5.91 Å². The molecule has 1 amide bonds. The standard InChI is InChI=1S/C15H20ClNO5/c1-14(2,15(3,4)21)17-12(18)9-6-8(22-5)7-10(11(9)16)13(19)20/h6-7,21H,1-5H3,(H,17,18)(H,19,20). The number of aromatic carboxylic acids is 1. The molecule has 0 atom stereocenters. The molecule has 0 saturated heterocycles. The van der Waals surface area contributed by atoms with Gasteiger partial charge in [-0.2, -0.15) is 0 Å². The minimum absolute atomic E-state index is 0.0317. The van der Waals surface area contributed by atoms with E-state index in [1.807, 2.05) is 0 Å². The lowest BCUT2D eigenvalue weighted by molar-refractivity contribution is -0.00293. The van der Waals surface area contributed by atoms with Crippen LogP contribution in [0.4, 0.5) is 0 Å². The van der Waals surface area contributed by atoms with Gasteiger partial charge < -0.3 is 20.3 Å². The highest BCUT2D eigenvalue weighted by Gasteiger charge is 2.37. The Kier molecular flexibility index (Phi) is 5.10. The summed E-state index contributed by atoms with van der Waals surface area (Å²) in [5.41, 5.74) is -2.41. The maximum atomic E-state index is 12.4. The first-order valence-electron chi connectivity index (χ1n) is 6.56. The summed E-state index contributed by atoms with van der Waals surface area (Å²) in [7, 11) is 1.36. The van der Waals surface area contributed by atoms with E-state index in [9.17, 15) is 14.7 Å². The third kappa shape index (κ3) is 3.69. The Labute approximate surface area is 134 Å². The van der Waals surface area contributed by atoms with Crippen LogP contribution in [0.15, 0.2) is 12.1 Å². The Morgan fingerprint density at radius 2 is 1.68 bits per heavy atom. The van der Waals surface area contributed by atoms with Crippen molar-refractivity contribution in [2.45, 2.75) is 38.8 Å². The monoisotopic (exact) mass is 329 g/mol. The van der Waals surface area contributed by atoms with E-state index in [1.165, 1.54) is 19.2 Å². The van der Waals surface area contributed by atoms with E-state index in [4.69, 9.17) is 21.4 Å². The fraction of sp³-hybridized carbons (Fsp3) is 0.467. The van der Waals surface area contributed by atoms with Crippen molar-refractivity contribution in [2.75, 3.05) is 7.11 Å². The molecule has 0 aliphatic heterocycles. The number of aliphatic hydroxyl groups is 1. The van der Waals surface area contributed by atoms with E-state index in [2.05, 4.69) is 5.32 Å². The summed E-state index contributed by atoms with van der Waals surface area (Å²) in [5.74, 6) is -1.66. The zero-order chi connectivity index (χ0) is 17.3. The highest BCUT2D eigenvalue weighted by atomic mass is 35.5. The van der Waals surface area contributed by atoms with E-state index >= 15 is 0 Å². The number of amides is 1. The van der Waals surface area contributed by atoms with Crippen molar-refractivity contribution in [1.82, 2.24) is 5.32 Å². The molecular weight excluding hydrogens is 310 g/mol. The quantitative estimate of drug-likeness (QED) is 0.770. The summed E-state index contributed by atoms with van der Waals surface area (Å²) < 4.78 is 5.00. The number of carboxylic acids is 1. The van der Waals surface area contributed by atoms with Gasteiger partial charge in [-0.05, 0) is 39.8 Å². The van der Waals surface area contributed by atoms with Crippen molar-refractivity contribution >= 4 is 23.5 Å². The van der Waals surface area contributed by atoms with E-state index < -0.39 is 23.0 Å². The van der Waals surface area contributed by atoms with E-state index in [0.29, 0.717) is 0 Å². The fourth-order valence-corrected chi connectivity index (χ4v) is 1.82. The van der Waals surface area contributed by atoms with Crippen LogP contribution in [0.1, 0.15) is 48.4 Å². The summed E-state index contributed by atoms with van der Waals surface area (Å²) in [6.45, 7) is 6.42. The molecule has 0 aromatic heterocycles. The van der Waals surface area contributed by atoms with Crippen LogP contribution in [0.5, 0.6) is 5.75 Å². The molecule has 6 nitrogen and oxygen atoms in total. The van der Waals surface area contributed by atoms with Gasteiger partial charge in [0.1, 0.15) is 5.75 Å². The number of carbonyl (C=O) groups excluding carboxylic acids is 1. The smallest absolute Gasteiger partial charge is 0.337 e. The van der Waals surface area contributed by atoms with Crippen LogP contribution in [0.2, 0.25) is 5.02 Å². The molecule has 22 heavy (non-hydrogen) atoms. The van der Waals surface area contributed by atoms with Gasteiger partial charge in [0.2, 0.25) is 0 Å². The molecule has 1 rings (SSSR count). The van der Waals surface area contributed by atoms with Crippen molar-refractivity contribution in [1.29, 1.82) is 0 Å². The molecule has 122 valence electrons. The van der Waals surface area contributed by atoms with Crippen molar-refractivity contribution in [2.24, 2.45) is 0 Å². The first-order valence-corrected chi connectivity index (χ1v) is 6.94. The van der Waals surface area contributed by atoms with Gasteiger partial charge >= 0.3 is 5.97 Å². The zero-order valence-corrected chi connectivity index (χ0v) is 13.9. The fourth-order valence-electron chi connectivity index (χ4n) is 1.54. The highest BCUT2D eigenvalue weighted by molar-refractivity contribution is 6.36. The minimum Gasteiger partial charge on any atom is -0.497 e. The molecule has 0 fully saturated rings. The number of carbonyl (C=O) groups is 2. The topological polar surface area (TPSA) is 95.9 Å². The molecule has 0 bridgehead atoms. The number of rotatable bonds is 5. The van der Waals surface area contributed by atoms with Gasteiger partial charge in [-0.25, -0.2) is 4.79 Å². The first-order chi connectivity index (χ1) is 9.90. The largest absolute Gasteiger partial charge is 0.497 e. The van der Waals surface area contributed by atoms with Crippen LogP contribution in [0, 0.1) is 0 Å². The van der Waals surface area contributed by atoms with E-state index in [0.717, 1.165) is 0 Å². The number of methoxy groups -OCH3 is 1. The summed E-state index contributed by atoms with van der Waals surface area (Å²) in [5, 5.41) is 21.7. The molecule has 0 heterocycles. The predicted octanol–water partition coefficient (Wildman–Crippen LogP) is 2.33. The van der Waals surface area contributed by atoms with Crippen LogP contribution < -0.4 is 10.1 Å². The maximum absolute atomic E-state index is 12.4. The number of carboxylic acid groups (broad SMARTS) is 1. The Morgan fingerprint density at radius 3 is 2.09 bits per heavy atom. The summed E-state index contributed by atoms with van der Waals surface area (Å²) in [6, 6.07) is 2.59. The second-order valence-electron chi connectivity index (χ2n) is 5.98. The molecule has 7 heteroatoms. The molecule has 0 spiro atoms. The van der Waals surface area contributed by atoms with Crippen molar-refractivity contribution < 1.29 is 24.5 Å². The molecule has 1 aromatic rings. The van der Waals surface area contributed by atoms with Crippen molar-refractivity contribution in [3.8, 4) is 5.75 Å². The zero-order valence-electron chi connectivity index (χ0n) is 13.2. The maximum Gasteiger partial charge on any atom is 0.337 e. The third-order valence-corrected chi connectivity index (χ3v) is 4.12. The molecule has 3 N–H and O–H groups in total. The molecular formula is C15H20ClNO5. The number of hydrogen-bond donors (Lipinski definition) is 3. The molecule has 0 aliphatic carbocycles. The number of nitrogens with one attached hydrogen (secondary N) is 1. The van der Waals surface area contributed by atoms with Crippen molar-refractivity contribution in [3.63, 3.8) is 0 Å². The van der Waals surface area contributed by atoms with Gasteiger partial charge in [-0.15, -0.1) is 0 Å². The lowest BCUT2D eigenvalue weighted by Crippen LogP contribution is -2.57. The average molecular weight is 330 g/mol. The second-order valence-corrected chi connectivity index (χ2v) is 6.36. The summed E-state index contributed by atoms with van der Waals surface area (Å²) >= 11 is 6.01. The Hall–Kier alpha value is -1.79. The average Bonchev–Trinajstić information content (AvgIpc) is 2.36. The lowest BCUT2D eigenvalue weighted by atomic mass is 9.85. The van der Waals surface area contributed by atoms with Gasteiger partial charge in [0.05, 0.1) is 34.4 Å². The molecule has 0 aliphatic rings. The molecule has 0 radical (unpaired) electrons. The normalized spacial score (nSPS) is 12.0. The van der Waals surface area contributed by atoms with Crippen molar-refractivity contribution in [3.05, 3.63) is 28.3 Å².